The molecule has 0 unspecified atom stereocenters. The first kappa shape index (κ1) is 21.2. The zero-order valence-corrected chi connectivity index (χ0v) is 18.4. The molecule has 7 nitrogen and oxygen atoms in total. The van der Waals surface area contributed by atoms with E-state index >= 15 is 0 Å². The largest absolute Gasteiger partial charge is 0.497 e. The fourth-order valence-electron chi connectivity index (χ4n) is 4.57. The SMILES string of the molecule is COc1ccc2oc(C)c(C(=O)N(CCN3CCOCC3)C3CCN(C)CC3)c2c1. The first-order chi connectivity index (χ1) is 14.6. The van der Waals surface area contributed by atoms with E-state index in [1.807, 2.05) is 25.1 Å². The predicted molar refractivity (Wildman–Crippen MR) is 116 cm³/mol. The minimum atomic E-state index is 0.0716. The second-order valence-electron chi connectivity index (χ2n) is 8.38. The van der Waals surface area contributed by atoms with Crippen molar-refractivity contribution >= 4 is 16.9 Å². The van der Waals surface area contributed by atoms with E-state index in [4.69, 9.17) is 13.9 Å². The molecule has 1 aromatic heterocycles. The number of hydrogen-bond acceptors (Lipinski definition) is 6. The number of ether oxygens (including phenoxy) is 2. The van der Waals surface area contributed by atoms with E-state index in [1.165, 1.54) is 0 Å². The molecule has 3 heterocycles. The molecule has 1 aromatic carbocycles. The maximum absolute atomic E-state index is 13.9. The number of carbonyl (C=O) groups excluding carboxylic acids is 1. The average molecular weight is 416 g/mol. The Hall–Kier alpha value is -2.09. The summed E-state index contributed by atoms with van der Waals surface area (Å²) < 4.78 is 16.8. The van der Waals surface area contributed by atoms with Crippen molar-refractivity contribution in [3.63, 3.8) is 0 Å². The highest BCUT2D eigenvalue weighted by molar-refractivity contribution is 6.07. The van der Waals surface area contributed by atoms with Crippen LogP contribution in [0.5, 0.6) is 5.75 Å². The lowest BCUT2D eigenvalue weighted by Crippen LogP contribution is -2.50. The Bertz CT molecular complexity index is 867. The van der Waals surface area contributed by atoms with Crippen LogP contribution in [0.1, 0.15) is 29.0 Å². The van der Waals surface area contributed by atoms with Gasteiger partial charge in [-0.15, -0.1) is 0 Å². The Kier molecular flexibility index (Phi) is 6.61. The van der Waals surface area contributed by atoms with Crippen molar-refractivity contribution in [1.29, 1.82) is 0 Å². The van der Waals surface area contributed by atoms with Crippen LogP contribution in [0, 0.1) is 6.92 Å². The number of morpholine rings is 1. The number of fused-ring (bicyclic) bond motifs is 1. The zero-order valence-electron chi connectivity index (χ0n) is 18.4. The van der Waals surface area contributed by atoms with Gasteiger partial charge in [0.15, 0.2) is 0 Å². The topological polar surface area (TPSA) is 58.4 Å². The summed E-state index contributed by atoms with van der Waals surface area (Å²) in [6.45, 7) is 8.93. The van der Waals surface area contributed by atoms with Crippen molar-refractivity contribution in [3.8, 4) is 5.75 Å². The summed E-state index contributed by atoms with van der Waals surface area (Å²) in [6.07, 6.45) is 2.01. The number of amides is 1. The predicted octanol–water partition coefficient (Wildman–Crippen LogP) is 2.62. The molecule has 2 aliphatic rings. The van der Waals surface area contributed by atoms with Crippen LogP contribution >= 0.6 is 0 Å². The molecule has 0 bridgehead atoms. The summed E-state index contributed by atoms with van der Waals surface area (Å²) in [4.78, 5) is 20.7. The van der Waals surface area contributed by atoms with Crippen molar-refractivity contribution in [2.24, 2.45) is 0 Å². The highest BCUT2D eigenvalue weighted by Gasteiger charge is 2.31. The summed E-state index contributed by atoms with van der Waals surface area (Å²) >= 11 is 0. The number of rotatable bonds is 6. The smallest absolute Gasteiger partial charge is 0.258 e. The minimum absolute atomic E-state index is 0.0716. The second-order valence-corrected chi connectivity index (χ2v) is 8.38. The Morgan fingerprint density at radius 3 is 2.63 bits per heavy atom. The molecule has 2 saturated heterocycles. The molecule has 1 amide bonds. The van der Waals surface area contributed by atoms with E-state index < -0.39 is 0 Å². The summed E-state index contributed by atoms with van der Waals surface area (Å²) in [5.41, 5.74) is 1.40. The van der Waals surface area contributed by atoms with Crippen LogP contribution in [0.25, 0.3) is 11.0 Å². The van der Waals surface area contributed by atoms with Gasteiger partial charge in [-0.1, -0.05) is 0 Å². The van der Waals surface area contributed by atoms with E-state index in [0.717, 1.165) is 82.0 Å². The number of hydrogen-bond donors (Lipinski definition) is 0. The number of aryl methyl sites for hydroxylation is 1. The molecule has 30 heavy (non-hydrogen) atoms. The maximum atomic E-state index is 13.9. The number of carbonyl (C=O) groups is 1. The number of benzene rings is 1. The lowest BCUT2D eigenvalue weighted by atomic mass is 10.0. The third-order valence-corrected chi connectivity index (χ3v) is 6.44. The van der Waals surface area contributed by atoms with Gasteiger partial charge in [0.2, 0.25) is 0 Å². The molecular formula is C23H33N3O4. The van der Waals surface area contributed by atoms with E-state index in [2.05, 4.69) is 21.7 Å². The molecule has 0 N–H and O–H groups in total. The highest BCUT2D eigenvalue weighted by atomic mass is 16.5. The highest BCUT2D eigenvalue weighted by Crippen LogP contribution is 2.31. The maximum Gasteiger partial charge on any atom is 0.258 e. The molecule has 0 spiro atoms. The van der Waals surface area contributed by atoms with Crippen LogP contribution in [0.4, 0.5) is 0 Å². The van der Waals surface area contributed by atoms with Crippen molar-refractivity contribution < 1.29 is 18.7 Å². The van der Waals surface area contributed by atoms with Crippen LogP contribution in [0.15, 0.2) is 22.6 Å². The summed E-state index contributed by atoms with van der Waals surface area (Å²) in [6, 6.07) is 5.91. The Balaban J connectivity index is 1.61. The van der Waals surface area contributed by atoms with Crippen molar-refractivity contribution in [2.75, 3.05) is 66.6 Å². The summed E-state index contributed by atoms with van der Waals surface area (Å²) in [5.74, 6) is 1.48. The standard InChI is InChI=1S/C23H33N3O4/c1-17-22(20-16-19(28-3)4-5-21(20)30-17)23(27)26(18-6-8-24(2)9-7-18)11-10-25-12-14-29-15-13-25/h4-5,16,18H,6-15H2,1-3H3. The quantitative estimate of drug-likeness (QED) is 0.723. The van der Waals surface area contributed by atoms with Gasteiger partial charge < -0.3 is 23.7 Å². The lowest BCUT2D eigenvalue weighted by Gasteiger charge is -2.38. The normalized spacial score (nSPS) is 19.3. The van der Waals surface area contributed by atoms with Crippen LogP contribution in [0.3, 0.4) is 0 Å². The van der Waals surface area contributed by atoms with Gasteiger partial charge >= 0.3 is 0 Å². The number of piperidine rings is 1. The molecular weight excluding hydrogens is 382 g/mol. The first-order valence-corrected chi connectivity index (χ1v) is 10.9. The van der Waals surface area contributed by atoms with Crippen LogP contribution in [0.2, 0.25) is 0 Å². The van der Waals surface area contributed by atoms with Gasteiger partial charge in [0.1, 0.15) is 17.1 Å². The molecule has 4 rings (SSSR count). The average Bonchev–Trinajstić information content (AvgIpc) is 3.10. The third kappa shape index (κ3) is 4.48. The van der Waals surface area contributed by atoms with Crippen molar-refractivity contribution in [1.82, 2.24) is 14.7 Å². The van der Waals surface area contributed by atoms with E-state index in [1.54, 1.807) is 7.11 Å². The van der Waals surface area contributed by atoms with Crippen LogP contribution in [-0.2, 0) is 4.74 Å². The number of furan rings is 1. The van der Waals surface area contributed by atoms with Gasteiger partial charge in [0.05, 0.1) is 25.9 Å². The van der Waals surface area contributed by atoms with Gasteiger partial charge in [-0.3, -0.25) is 9.69 Å². The lowest BCUT2D eigenvalue weighted by molar-refractivity contribution is 0.0265. The number of methoxy groups -OCH3 is 1. The van der Waals surface area contributed by atoms with E-state index in [9.17, 15) is 4.79 Å². The summed E-state index contributed by atoms with van der Waals surface area (Å²) in [5, 5.41) is 0.834. The summed E-state index contributed by atoms with van der Waals surface area (Å²) in [7, 11) is 3.79. The van der Waals surface area contributed by atoms with Gasteiger partial charge in [-0.2, -0.15) is 0 Å². The Morgan fingerprint density at radius 1 is 1.20 bits per heavy atom. The first-order valence-electron chi connectivity index (χ1n) is 10.9. The van der Waals surface area contributed by atoms with Gasteiger partial charge in [0, 0.05) is 37.6 Å². The molecule has 2 fully saturated rings. The molecule has 0 radical (unpaired) electrons. The molecule has 7 heteroatoms. The van der Waals surface area contributed by atoms with E-state index in [-0.39, 0.29) is 11.9 Å². The third-order valence-electron chi connectivity index (χ3n) is 6.44. The second kappa shape index (κ2) is 9.37. The molecule has 0 saturated carbocycles. The fraction of sp³-hybridized carbons (Fsp3) is 0.609. The van der Waals surface area contributed by atoms with Gasteiger partial charge in [-0.25, -0.2) is 0 Å². The Labute approximate surface area is 178 Å². The number of likely N-dealkylation sites (tertiary alicyclic amines) is 1. The number of nitrogens with zero attached hydrogens (tertiary/aromatic N) is 3. The Morgan fingerprint density at radius 2 is 1.93 bits per heavy atom. The molecule has 0 aliphatic carbocycles. The van der Waals surface area contributed by atoms with Gasteiger partial charge in [0.25, 0.3) is 5.91 Å². The van der Waals surface area contributed by atoms with Crippen LogP contribution in [-0.4, -0.2) is 93.3 Å². The molecule has 164 valence electrons. The van der Waals surface area contributed by atoms with Crippen molar-refractivity contribution in [2.45, 2.75) is 25.8 Å². The van der Waals surface area contributed by atoms with Crippen LogP contribution < -0.4 is 4.74 Å². The minimum Gasteiger partial charge on any atom is -0.497 e. The fourth-order valence-corrected chi connectivity index (χ4v) is 4.57. The molecule has 0 atom stereocenters. The molecule has 2 aliphatic heterocycles. The molecule has 2 aromatic rings. The monoisotopic (exact) mass is 415 g/mol. The zero-order chi connectivity index (χ0) is 21.1. The van der Waals surface area contributed by atoms with Gasteiger partial charge in [-0.05, 0) is 58.1 Å². The van der Waals surface area contributed by atoms with E-state index in [0.29, 0.717) is 11.3 Å². The van der Waals surface area contributed by atoms with Crippen molar-refractivity contribution in [3.05, 3.63) is 29.5 Å².